The second-order valence-electron chi connectivity index (χ2n) is 5.96. The summed E-state index contributed by atoms with van der Waals surface area (Å²) in [5.41, 5.74) is 0.443. The van der Waals surface area contributed by atoms with E-state index in [0.717, 1.165) is 11.8 Å². The minimum atomic E-state index is -0.816. The van der Waals surface area contributed by atoms with E-state index in [2.05, 4.69) is 15.0 Å². The van der Waals surface area contributed by atoms with Crippen LogP contribution in [0.4, 0.5) is 4.79 Å². The normalized spacial score (nSPS) is 12.2. The lowest BCUT2D eigenvalue weighted by Gasteiger charge is -2.17. The number of imide groups is 1. The molecule has 0 bridgehead atoms. The molecule has 0 saturated carbocycles. The number of carbonyl (C=O) groups is 2. The number of fused-ring (bicyclic) bond motifs is 1. The highest BCUT2D eigenvalue weighted by Gasteiger charge is 2.21. The van der Waals surface area contributed by atoms with Crippen molar-refractivity contribution in [2.24, 2.45) is 5.92 Å². The van der Waals surface area contributed by atoms with Crippen LogP contribution in [-0.4, -0.2) is 33.9 Å². The van der Waals surface area contributed by atoms with Gasteiger partial charge in [-0.25, -0.2) is 9.78 Å². The van der Waals surface area contributed by atoms with Gasteiger partial charge in [-0.05, 0) is 25.0 Å². The van der Waals surface area contributed by atoms with Gasteiger partial charge < -0.3 is 4.74 Å². The predicted molar refractivity (Wildman–Crippen MR) is 96.7 cm³/mol. The van der Waals surface area contributed by atoms with Gasteiger partial charge >= 0.3 is 6.09 Å². The summed E-state index contributed by atoms with van der Waals surface area (Å²) in [6, 6.07) is 7.11. The van der Waals surface area contributed by atoms with Crippen LogP contribution in [0.5, 0.6) is 0 Å². The molecule has 1 N–H and O–H groups in total. The molecule has 134 valence electrons. The summed E-state index contributed by atoms with van der Waals surface area (Å²) in [4.78, 5) is 40.6. The highest BCUT2D eigenvalue weighted by Crippen LogP contribution is 2.23. The molecular formula is C17H21N3O4S. The van der Waals surface area contributed by atoms with Crippen molar-refractivity contribution >= 4 is 34.7 Å². The molecule has 1 aromatic heterocycles. The molecule has 0 fully saturated rings. The highest BCUT2D eigenvalue weighted by molar-refractivity contribution is 8.00. The number of thioether (sulfide) groups is 1. The summed E-state index contributed by atoms with van der Waals surface area (Å²) in [5, 5.41) is 2.50. The Bertz CT molecular complexity index is 847. The minimum Gasteiger partial charge on any atom is -0.453 e. The van der Waals surface area contributed by atoms with Gasteiger partial charge in [-0.15, -0.1) is 0 Å². The average Bonchev–Trinajstić information content (AvgIpc) is 2.57. The number of ether oxygens (including phenoxy) is 1. The molecule has 0 aliphatic carbocycles. The number of benzene rings is 1. The van der Waals surface area contributed by atoms with Crippen molar-refractivity contribution < 1.29 is 14.3 Å². The van der Waals surface area contributed by atoms with Crippen molar-refractivity contribution in [3.05, 3.63) is 34.6 Å². The summed E-state index contributed by atoms with van der Waals surface area (Å²) < 4.78 is 6.01. The van der Waals surface area contributed by atoms with Gasteiger partial charge in [0.1, 0.15) is 0 Å². The smallest absolute Gasteiger partial charge is 0.413 e. The van der Waals surface area contributed by atoms with Crippen LogP contribution in [0.15, 0.2) is 34.2 Å². The van der Waals surface area contributed by atoms with Crippen molar-refractivity contribution in [2.45, 2.75) is 37.7 Å². The van der Waals surface area contributed by atoms with E-state index < -0.39 is 17.3 Å². The first kappa shape index (κ1) is 19.0. The zero-order valence-electron chi connectivity index (χ0n) is 14.6. The first-order valence-corrected chi connectivity index (χ1v) is 8.76. The Morgan fingerprint density at radius 1 is 1.28 bits per heavy atom. The second kappa shape index (κ2) is 8.15. The van der Waals surface area contributed by atoms with Crippen LogP contribution in [0, 0.1) is 5.92 Å². The molecule has 1 heterocycles. The largest absolute Gasteiger partial charge is 0.453 e. The van der Waals surface area contributed by atoms with Gasteiger partial charge in [-0.1, -0.05) is 37.7 Å². The molecule has 0 aliphatic heterocycles. The maximum atomic E-state index is 12.8. The van der Waals surface area contributed by atoms with Crippen molar-refractivity contribution in [1.82, 2.24) is 14.9 Å². The third-order valence-corrected chi connectivity index (χ3v) is 4.53. The van der Waals surface area contributed by atoms with E-state index >= 15 is 0 Å². The van der Waals surface area contributed by atoms with E-state index in [9.17, 15) is 14.4 Å². The van der Waals surface area contributed by atoms with Gasteiger partial charge in [0.15, 0.2) is 5.16 Å². The van der Waals surface area contributed by atoms with Gasteiger partial charge in [-0.2, -0.15) is 0 Å². The van der Waals surface area contributed by atoms with Crippen LogP contribution in [0.1, 0.15) is 20.8 Å². The number of nitrogens with one attached hydrogen (secondary N) is 1. The first-order valence-electron chi connectivity index (χ1n) is 7.88. The summed E-state index contributed by atoms with van der Waals surface area (Å²) in [5.74, 6) is -0.269. The molecular weight excluding hydrogens is 342 g/mol. The van der Waals surface area contributed by atoms with E-state index in [1.165, 1.54) is 7.11 Å². The van der Waals surface area contributed by atoms with Crippen LogP contribution in [0.3, 0.4) is 0 Å². The molecule has 2 amide bonds. The molecule has 1 aromatic carbocycles. The van der Waals surface area contributed by atoms with Crippen LogP contribution in [0.25, 0.3) is 10.9 Å². The number of nitrogens with zero attached hydrogens (tertiary/aromatic N) is 2. The molecule has 2 aromatic rings. The second-order valence-corrected chi connectivity index (χ2v) is 7.27. The third-order valence-electron chi connectivity index (χ3n) is 3.44. The van der Waals surface area contributed by atoms with E-state index in [1.807, 2.05) is 19.9 Å². The van der Waals surface area contributed by atoms with Crippen LogP contribution < -0.4 is 10.9 Å². The van der Waals surface area contributed by atoms with Crippen LogP contribution >= 0.6 is 11.8 Å². The summed E-state index contributed by atoms with van der Waals surface area (Å²) >= 11 is 1.13. The van der Waals surface area contributed by atoms with Crippen molar-refractivity contribution in [3.8, 4) is 0 Å². The van der Waals surface area contributed by atoms with Crippen molar-refractivity contribution in [1.29, 1.82) is 0 Å². The number of aromatic nitrogens is 2. The molecule has 0 aliphatic rings. The SMILES string of the molecule is COC(=O)NC(=O)[C@H](C)Sc1nc2ccccc2c(=O)n1CC(C)C. The summed E-state index contributed by atoms with van der Waals surface area (Å²) in [6.45, 7) is 6.14. The topological polar surface area (TPSA) is 90.3 Å². The first-order chi connectivity index (χ1) is 11.8. The number of methoxy groups -OCH3 is 1. The molecule has 0 radical (unpaired) electrons. The molecule has 0 saturated heterocycles. The average molecular weight is 363 g/mol. The highest BCUT2D eigenvalue weighted by atomic mass is 32.2. The van der Waals surface area contributed by atoms with Crippen LogP contribution in [-0.2, 0) is 16.1 Å². The molecule has 2 rings (SSSR count). The minimum absolute atomic E-state index is 0.137. The standard InChI is InChI=1S/C17H21N3O4S/c1-10(2)9-20-15(22)12-7-5-6-8-13(12)18-16(20)25-11(3)14(21)19-17(23)24-4/h5-8,10-11H,9H2,1-4H3,(H,19,21,23)/t11-/m0/s1. The van der Waals surface area contributed by atoms with E-state index in [0.29, 0.717) is 22.6 Å². The molecule has 8 heteroatoms. The van der Waals surface area contributed by atoms with Crippen LogP contribution in [0.2, 0.25) is 0 Å². The summed E-state index contributed by atoms with van der Waals surface area (Å²) in [6.07, 6.45) is -0.816. The van der Waals surface area contributed by atoms with Gasteiger partial charge in [-0.3, -0.25) is 19.5 Å². The lowest BCUT2D eigenvalue weighted by molar-refractivity contribution is -0.119. The predicted octanol–water partition coefficient (Wildman–Crippen LogP) is 2.42. The van der Waals surface area contributed by atoms with Crippen molar-refractivity contribution in [3.63, 3.8) is 0 Å². The fourth-order valence-electron chi connectivity index (χ4n) is 2.23. The van der Waals surface area contributed by atoms with E-state index in [4.69, 9.17) is 0 Å². The number of hydrogen-bond donors (Lipinski definition) is 1. The monoisotopic (exact) mass is 363 g/mol. The number of amides is 2. The summed E-state index contributed by atoms with van der Waals surface area (Å²) in [7, 11) is 1.19. The van der Waals surface area contributed by atoms with E-state index in [1.54, 1.807) is 29.7 Å². The molecule has 0 spiro atoms. The van der Waals surface area contributed by atoms with Gasteiger partial charge in [0.2, 0.25) is 5.91 Å². The lowest BCUT2D eigenvalue weighted by Crippen LogP contribution is -2.36. The van der Waals surface area contributed by atoms with Gasteiger partial charge in [0.05, 0.1) is 23.3 Å². The maximum absolute atomic E-state index is 12.8. The Labute approximate surface area is 149 Å². The number of carbonyl (C=O) groups excluding carboxylic acids is 2. The van der Waals surface area contributed by atoms with Crippen molar-refractivity contribution in [2.75, 3.05) is 7.11 Å². The number of para-hydroxylation sites is 1. The Kier molecular flexibility index (Phi) is 6.19. The fourth-order valence-corrected chi connectivity index (χ4v) is 3.15. The molecule has 25 heavy (non-hydrogen) atoms. The van der Waals surface area contributed by atoms with Gasteiger partial charge in [0, 0.05) is 6.54 Å². The zero-order chi connectivity index (χ0) is 18.6. The molecule has 0 unspecified atom stereocenters. The quantitative estimate of drug-likeness (QED) is 0.648. The number of hydrogen-bond acceptors (Lipinski definition) is 6. The Hall–Kier alpha value is -2.35. The third kappa shape index (κ3) is 4.60. The lowest BCUT2D eigenvalue weighted by atomic mass is 10.2. The fraction of sp³-hybridized carbons (Fsp3) is 0.412. The molecule has 1 atom stereocenters. The number of alkyl carbamates (subject to hydrolysis) is 1. The zero-order valence-corrected chi connectivity index (χ0v) is 15.4. The van der Waals surface area contributed by atoms with Gasteiger partial charge in [0.25, 0.3) is 5.56 Å². The Balaban J connectivity index is 2.40. The Morgan fingerprint density at radius 3 is 2.60 bits per heavy atom. The molecule has 7 nitrogen and oxygen atoms in total. The maximum Gasteiger partial charge on any atom is 0.413 e. The Morgan fingerprint density at radius 2 is 1.96 bits per heavy atom. The number of rotatable bonds is 5. The van der Waals surface area contributed by atoms with E-state index in [-0.39, 0.29) is 11.5 Å².